The molecule has 0 heterocycles. The number of carboxylic acid groups (broad SMARTS) is 1. The summed E-state index contributed by atoms with van der Waals surface area (Å²) in [6.07, 6.45) is 3.57. The summed E-state index contributed by atoms with van der Waals surface area (Å²) >= 11 is 2.95. The highest BCUT2D eigenvalue weighted by Crippen LogP contribution is 2.27. The molecule has 0 bridgehead atoms. The summed E-state index contributed by atoms with van der Waals surface area (Å²) in [6, 6.07) is 2.79. The molecule has 0 spiro atoms. The summed E-state index contributed by atoms with van der Waals surface area (Å²) in [6.45, 7) is 0.812. The van der Waals surface area contributed by atoms with Crippen molar-refractivity contribution in [2.45, 2.75) is 25.7 Å². The first-order valence-corrected chi connectivity index (χ1v) is 6.93. The van der Waals surface area contributed by atoms with E-state index in [9.17, 15) is 9.18 Å². The summed E-state index contributed by atoms with van der Waals surface area (Å²) < 4.78 is 13.8. The first-order chi connectivity index (χ1) is 9.07. The Kier molecular flexibility index (Phi) is 6.80. The number of aliphatic hydroxyl groups is 1. The van der Waals surface area contributed by atoms with Gasteiger partial charge in [0.2, 0.25) is 0 Å². The first-order valence-electron chi connectivity index (χ1n) is 6.14. The molecule has 1 aromatic rings. The third kappa shape index (κ3) is 4.80. The van der Waals surface area contributed by atoms with E-state index in [-0.39, 0.29) is 16.6 Å². The zero-order valence-electron chi connectivity index (χ0n) is 10.5. The normalized spacial score (nSPS) is 10.5. The molecule has 0 atom stereocenters. The molecule has 106 valence electrons. The Morgan fingerprint density at radius 1 is 1.26 bits per heavy atom. The minimum atomic E-state index is -1.17. The molecule has 0 saturated carbocycles. The maximum atomic E-state index is 13.8. The Morgan fingerprint density at radius 2 is 1.95 bits per heavy atom. The van der Waals surface area contributed by atoms with Gasteiger partial charge in [0, 0.05) is 13.2 Å². The number of anilines is 1. The van der Waals surface area contributed by atoms with E-state index in [1.165, 1.54) is 12.1 Å². The van der Waals surface area contributed by atoms with Gasteiger partial charge in [-0.25, -0.2) is 9.18 Å². The average Bonchev–Trinajstić information content (AvgIpc) is 2.38. The Hall–Kier alpha value is -1.14. The molecule has 0 aliphatic heterocycles. The number of aromatic carboxylic acids is 1. The molecule has 0 aliphatic carbocycles. The Labute approximate surface area is 119 Å². The number of carbonyl (C=O) groups is 1. The van der Waals surface area contributed by atoms with Crippen LogP contribution < -0.4 is 5.32 Å². The molecule has 0 aromatic heterocycles. The summed E-state index contributed by atoms with van der Waals surface area (Å²) in [5.74, 6) is -1.75. The van der Waals surface area contributed by atoms with Crippen LogP contribution in [0.15, 0.2) is 16.6 Å². The monoisotopic (exact) mass is 333 g/mol. The SMILES string of the molecule is O=C(O)c1ccc(NCCCCCCO)c(F)c1Br. The van der Waals surface area contributed by atoms with Crippen LogP contribution in [0.3, 0.4) is 0 Å². The second-order valence-corrected chi connectivity index (χ2v) is 4.95. The number of rotatable bonds is 8. The van der Waals surface area contributed by atoms with Crippen molar-refractivity contribution < 1.29 is 19.4 Å². The van der Waals surface area contributed by atoms with E-state index in [0.29, 0.717) is 12.2 Å². The van der Waals surface area contributed by atoms with E-state index < -0.39 is 11.8 Å². The Balaban J connectivity index is 2.51. The molecule has 0 amide bonds. The molecule has 1 rings (SSSR count). The van der Waals surface area contributed by atoms with Gasteiger partial charge in [0.1, 0.15) is 0 Å². The van der Waals surface area contributed by atoms with Crippen LogP contribution in [0.5, 0.6) is 0 Å². The number of nitrogens with one attached hydrogen (secondary N) is 1. The number of carboxylic acids is 1. The minimum absolute atomic E-state index is 0.0368. The zero-order valence-corrected chi connectivity index (χ0v) is 12.0. The second-order valence-electron chi connectivity index (χ2n) is 4.16. The molecule has 0 unspecified atom stereocenters. The van der Waals surface area contributed by atoms with Crippen LogP contribution in [0.25, 0.3) is 0 Å². The maximum absolute atomic E-state index is 13.8. The lowest BCUT2D eigenvalue weighted by Crippen LogP contribution is -2.06. The van der Waals surface area contributed by atoms with Crippen LogP contribution in [0, 0.1) is 5.82 Å². The third-order valence-electron chi connectivity index (χ3n) is 2.71. The third-order valence-corrected chi connectivity index (χ3v) is 3.49. The van der Waals surface area contributed by atoms with Crippen molar-refractivity contribution >= 4 is 27.6 Å². The van der Waals surface area contributed by atoms with Crippen LogP contribution in [-0.2, 0) is 0 Å². The maximum Gasteiger partial charge on any atom is 0.336 e. The van der Waals surface area contributed by atoms with Crippen molar-refractivity contribution in [3.63, 3.8) is 0 Å². The van der Waals surface area contributed by atoms with Crippen molar-refractivity contribution in [2.75, 3.05) is 18.5 Å². The largest absolute Gasteiger partial charge is 0.478 e. The van der Waals surface area contributed by atoms with E-state index in [0.717, 1.165) is 25.7 Å². The molecule has 19 heavy (non-hydrogen) atoms. The van der Waals surface area contributed by atoms with Gasteiger partial charge in [0.15, 0.2) is 5.82 Å². The molecule has 1 aromatic carbocycles. The van der Waals surface area contributed by atoms with E-state index in [4.69, 9.17) is 10.2 Å². The lowest BCUT2D eigenvalue weighted by molar-refractivity contribution is 0.0695. The quantitative estimate of drug-likeness (QED) is 0.639. The van der Waals surface area contributed by atoms with Crippen LogP contribution in [0.4, 0.5) is 10.1 Å². The van der Waals surface area contributed by atoms with E-state index in [1.807, 2.05) is 0 Å². The summed E-state index contributed by atoms with van der Waals surface area (Å²) in [5, 5.41) is 20.4. The summed E-state index contributed by atoms with van der Waals surface area (Å²) in [5.41, 5.74) is 0.199. The lowest BCUT2D eigenvalue weighted by Gasteiger charge is -2.10. The second kappa shape index (κ2) is 8.12. The van der Waals surface area contributed by atoms with Crippen LogP contribution in [-0.4, -0.2) is 29.3 Å². The minimum Gasteiger partial charge on any atom is -0.478 e. The number of hydrogen-bond acceptors (Lipinski definition) is 3. The van der Waals surface area contributed by atoms with E-state index in [2.05, 4.69) is 21.2 Å². The Bertz CT molecular complexity index is 440. The van der Waals surface area contributed by atoms with Crippen molar-refractivity contribution in [1.29, 1.82) is 0 Å². The highest BCUT2D eigenvalue weighted by Gasteiger charge is 2.15. The van der Waals surface area contributed by atoms with Gasteiger partial charge in [-0.05, 0) is 40.9 Å². The molecule has 6 heteroatoms. The molecular weight excluding hydrogens is 317 g/mol. The van der Waals surface area contributed by atoms with Crippen molar-refractivity contribution in [1.82, 2.24) is 0 Å². The van der Waals surface area contributed by atoms with Crippen LogP contribution in [0.2, 0.25) is 0 Å². The van der Waals surface area contributed by atoms with Gasteiger partial charge < -0.3 is 15.5 Å². The highest BCUT2D eigenvalue weighted by atomic mass is 79.9. The Morgan fingerprint density at radius 3 is 2.58 bits per heavy atom. The van der Waals surface area contributed by atoms with Gasteiger partial charge in [-0.3, -0.25) is 0 Å². The van der Waals surface area contributed by atoms with Gasteiger partial charge in [-0.2, -0.15) is 0 Å². The number of unbranched alkanes of at least 4 members (excludes halogenated alkanes) is 3. The summed E-state index contributed by atoms with van der Waals surface area (Å²) in [7, 11) is 0. The molecule has 0 radical (unpaired) electrons. The molecule has 0 saturated heterocycles. The number of benzene rings is 1. The number of aliphatic hydroxyl groups excluding tert-OH is 1. The fourth-order valence-corrected chi connectivity index (χ4v) is 2.18. The first kappa shape index (κ1) is 15.9. The highest BCUT2D eigenvalue weighted by molar-refractivity contribution is 9.10. The van der Waals surface area contributed by atoms with Gasteiger partial charge in [-0.15, -0.1) is 0 Å². The predicted molar refractivity (Wildman–Crippen MR) is 75.1 cm³/mol. The van der Waals surface area contributed by atoms with Gasteiger partial charge in [0.25, 0.3) is 0 Å². The van der Waals surface area contributed by atoms with E-state index in [1.54, 1.807) is 0 Å². The lowest BCUT2D eigenvalue weighted by atomic mass is 10.1. The molecule has 0 aliphatic rings. The fraction of sp³-hybridized carbons (Fsp3) is 0.462. The van der Waals surface area contributed by atoms with Crippen LogP contribution in [0.1, 0.15) is 36.0 Å². The van der Waals surface area contributed by atoms with Crippen molar-refractivity contribution in [3.8, 4) is 0 Å². The molecular formula is C13H17BrFNO3. The van der Waals surface area contributed by atoms with Gasteiger partial charge in [-0.1, -0.05) is 12.8 Å². The van der Waals surface area contributed by atoms with Gasteiger partial charge in [0.05, 0.1) is 15.7 Å². The molecule has 4 nitrogen and oxygen atoms in total. The zero-order chi connectivity index (χ0) is 14.3. The number of halogens is 2. The standard InChI is InChI=1S/C13H17BrFNO3/c14-11-9(13(18)19)5-6-10(12(11)15)16-7-3-1-2-4-8-17/h5-6,16-17H,1-4,7-8H2,(H,18,19). The smallest absolute Gasteiger partial charge is 0.336 e. The van der Waals surface area contributed by atoms with E-state index >= 15 is 0 Å². The average molecular weight is 334 g/mol. The van der Waals surface area contributed by atoms with Crippen molar-refractivity contribution in [3.05, 3.63) is 28.0 Å². The molecule has 3 N–H and O–H groups in total. The van der Waals surface area contributed by atoms with Crippen LogP contribution >= 0.6 is 15.9 Å². The van der Waals surface area contributed by atoms with Crippen molar-refractivity contribution in [2.24, 2.45) is 0 Å². The predicted octanol–water partition coefficient (Wildman–Crippen LogP) is 3.25. The van der Waals surface area contributed by atoms with Gasteiger partial charge >= 0.3 is 5.97 Å². The summed E-state index contributed by atoms with van der Waals surface area (Å²) in [4.78, 5) is 10.8. The topological polar surface area (TPSA) is 69.6 Å². The number of hydrogen-bond donors (Lipinski definition) is 3. The fourth-order valence-electron chi connectivity index (χ4n) is 1.66. The molecule has 0 fully saturated rings.